The quantitative estimate of drug-likeness (QED) is 0.364. The van der Waals surface area contributed by atoms with Crippen LogP contribution < -0.4 is 0 Å². The molecule has 2 heteroatoms. The number of hydrogen-bond donors (Lipinski definition) is 0. The third-order valence-corrected chi connectivity index (χ3v) is 5.27. The number of hydrogen-bond acceptors (Lipinski definition) is 2. The summed E-state index contributed by atoms with van der Waals surface area (Å²) in [6.07, 6.45) is 1.86. The Balaban J connectivity index is 1.65. The fourth-order valence-corrected chi connectivity index (χ4v) is 4.11. The van der Waals surface area contributed by atoms with Crippen molar-refractivity contribution in [3.8, 4) is 33.6 Å². The largest absolute Gasteiger partial charge is 0.256 e. The lowest BCUT2D eigenvalue weighted by Gasteiger charge is -2.08. The molecule has 0 radical (unpaired) electrons. The van der Waals surface area contributed by atoms with Gasteiger partial charge in [-0.15, -0.1) is 0 Å². The molecule has 0 atom stereocenters. The zero-order valence-electron chi connectivity index (χ0n) is 14.0. The highest BCUT2D eigenvalue weighted by molar-refractivity contribution is 6.14. The average Bonchev–Trinajstić information content (AvgIpc) is 3.03. The van der Waals surface area contributed by atoms with E-state index in [1.165, 1.54) is 27.5 Å². The van der Waals surface area contributed by atoms with E-state index < -0.39 is 0 Å². The lowest BCUT2D eigenvalue weighted by Crippen LogP contribution is -1.90. The normalized spacial score (nSPS) is 11.8. The molecule has 0 saturated carbocycles. The third-order valence-electron chi connectivity index (χ3n) is 5.27. The standard InChI is InChI=1S/C24H14N2/c1-2-10-21-16(7-1)17(13-14-25-21)22-12-11-19-18-8-3-5-15-6-4-9-20(23(15)18)24(19)26-22/h1-14H. The van der Waals surface area contributed by atoms with Crippen LogP contribution in [-0.2, 0) is 0 Å². The van der Waals surface area contributed by atoms with Crippen LogP contribution in [0.15, 0.2) is 85.1 Å². The Morgan fingerprint density at radius 1 is 0.577 bits per heavy atom. The lowest BCUT2D eigenvalue weighted by atomic mass is 10.0. The first-order chi connectivity index (χ1) is 12.9. The van der Waals surface area contributed by atoms with Crippen molar-refractivity contribution in [2.24, 2.45) is 0 Å². The minimum atomic E-state index is 0.993. The minimum Gasteiger partial charge on any atom is -0.256 e. The molecular weight excluding hydrogens is 316 g/mol. The maximum Gasteiger partial charge on any atom is 0.0794 e. The second kappa shape index (κ2) is 4.99. The summed E-state index contributed by atoms with van der Waals surface area (Å²) in [5, 5.41) is 3.72. The number of fused-ring (bicyclic) bond motifs is 4. The SMILES string of the molecule is c1cc2c3c(cccc3c1)-c1nc(-c3ccnc4ccccc34)ccc1-2. The van der Waals surface area contributed by atoms with Gasteiger partial charge in [0.1, 0.15) is 0 Å². The van der Waals surface area contributed by atoms with Gasteiger partial charge in [-0.2, -0.15) is 0 Å². The molecule has 0 saturated heterocycles. The minimum absolute atomic E-state index is 0.993. The molecule has 2 nitrogen and oxygen atoms in total. The van der Waals surface area contributed by atoms with Crippen LogP contribution in [0.1, 0.15) is 0 Å². The number of para-hydroxylation sites is 1. The maximum absolute atomic E-state index is 5.09. The molecule has 0 amide bonds. The highest BCUT2D eigenvalue weighted by atomic mass is 14.7. The summed E-state index contributed by atoms with van der Waals surface area (Å²) < 4.78 is 0. The van der Waals surface area contributed by atoms with Crippen LogP contribution in [0, 0.1) is 0 Å². The molecule has 0 unspecified atom stereocenters. The van der Waals surface area contributed by atoms with Crippen molar-refractivity contribution in [1.82, 2.24) is 9.97 Å². The number of rotatable bonds is 1. The Morgan fingerprint density at radius 2 is 1.42 bits per heavy atom. The van der Waals surface area contributed by atoms with Crippen LogP contribution in [-0.4, -0.2) is 9.97 Å². The molecule has 0 fully saturated rings. The van der Waals surface area contributed by atoms with Gasteiger partial charge in [-0.25, -0.2) is 4.98 Å². The van der Waals surface area contributed by atoms with E-state index in [0.717, 1.165) is 27.9 Å². The van der Waals surface area contributed by atoms with E-state index in [-0.39, 0.29) is 0 Å². The van der Waals surface area contributed by atoms with Gasteiger partial charge in [0.2, 0.25) is 0 Å². The van der Waals surface area contributed by atoms with Gasteiger partial charge in [0.15, 0.2) is 0 Å². The van der Waals surface area contributed by atoms with Crippen LogP contribution in [0.2, 0.25) is 0 Å². The summed E-state index contributed by atoms with van der Waals surface area (Å²) in [4.78, 5) is 9.56. The van der Waals surface area contributed by atoms with Crippen molar-refractivity contribution in [3.05, 3.63) is 85.1 Å². The summed E-state index contributed by atoms with van der Waals surface area (Å²) in [5.74, 6) is 0. The predicted octanol–water partition coefficient (Wildman–Crippen LogP) is 6.10. The van der Waals surface area contributed by atoms with E-state index in [9.17, 15) is 0 Å². The number of pyridine rings is 2. The molecule has 3 aromatic carbocycles. The highest BCUT2D eigenvalue weighted by Gasteiger charge is 2.22. The van der Waals surface area contributed by atoms with E-state index in [4.69, 9.17) is 4.98 Å². The second-order valence-electron chi connectivity index (χ2n) is 6.68. The Labute approximate surface area is 150 Å². The fourth-order valence-electron chi connectivity index (χ4n) is 4.11. The van der Waals surface area contributed by atoms with Gasteiger partial charge in [0.05, 0.1) is 16.9 Å². The van der Waals surface area contributed by atoms with E-state index in [1.807, 2.05) is 18.3 Å². The highest BCUT2D eigenvalue weighted by Crippen LogP contribution is 2.46. The number of nitrogens with zero attached hydrogens (tertiary/aromatic N) is 2. The van der Waals surface area contributed by atoms with Crippen molar-refractivity contribution in [2.45, 2.75) is 0 Å². The molecule has 5 aromatic rings. The first-order valence-corrected chi connectivity index (χ1v) is 8.78. The molecule has 0 spiro atoms. The molecule has 2 aromatic heterocycles. The summed E-state index contributed by atoms with van der Waals surface area (Å²) in [6.45, 7) is 0. The van der Waals surface area contributed by atoms with Crippen LogP contribution in [0.4, 0.5) is 0 Å². The van der Waals surface area contributed by atoms with Crippen LogP contribution in [0.25, 0.3) is 55.3 Å². The van der Waals surface area contributed by atoms with E-state index in [0.29, 0.717) is 0 Å². The molecule has 0 bridgehead atoms. The summed E-state index contributed by atoms with van der Waals surface area (Å²) in [7, 11) is 0. The predicted molar refractivity (Wildman–Crippen MR) is 107 cm³/mol. The van der Waals surface area contributed by atoms with Crippen molar-refractivity contribution in [1.29, 1.82) is 0 Å². The van der Waals surface area contributed by atoms with Crippen LogP contribution in [0.5, 0.6) is 0 Å². The van der Waals surface area contributed by atoms with Gasteiger partial charge in [0, 0.05) is 28.3 Å². The smallest absolute Gasteiger partial charge is 0.0794 e. The molecule has 120 valence electrons. The van der Waals surface area contributed by atoms with E-state index in [1.54, 1.807) is 0 Å². The summed E-state index contributed by atoms with van der Waals surface area (Å²) in [5.41, 5.74) is 7.93. The van der Waals surface area contributed by atoms with Gasteiger partial charge in [0.25, 0.3) is 0 Å². The van der Waals surface area contributed by atoms with E-state index in [2.05, 4.69) is 71.7 Å². The summed E-state index contributed by atoms with van der Waals surface area (Å²) in [6, 6.07) is 27.6. The monoisotopic (exact) mass is 330 g/mol. The van der Waals surface area contributed by atoms with Gasteiger partial charge >= 0.3 is 0 Å². The molecule has 0 aliphatic heterocycles. The molecular formula is C24H14N2. The van der Waals surface area contributed by atoms with Crippen molar-refractivity contribution in [2.75, 3.05) is 0 Å². The zero-order valence-corrected chi connectivity index (χ0v) is 14.0. The second-order valence-corrected chi connectivity index (χ2v) is 6.68. The van der Waals surface area contributed by atoms with E-state index >= 15 is 0 Å². The first-order valence-electron chi connectivity index (χ1n) is 8.78. The Morgan fingerprint density at radius 3 is 2.35 bits per heavy atom. The Bertz CT molecular complexity index is 1320. The summed E-state index contributed by atoms with van der Waals surface area (Å²) >= 11 is 0. The molecule has 26 heavy (non-hydrogen) atoms. The number of benzene rings is 3. The van der Waals surface area contributed by atoms with Crippen LogP contribution >= 0.6 is 0 Å². The van der Waals surface area contributed by atoms with Crippen molar-refractivity contribution >= 4 is 21.7 Å². The van der Waals surface area contributed by atoms with Gasteiger partial charge in [-0.1, -0.05) is 54.6 Å². The Kier molecular flexibility index (Phi) is 2.64. The van der Waals surface area contributed by atoms with Gasteiger partial charge in [-0.3, -0.25) is 4.98 Å². The molecule has 1 aliphatic rings. The first kappa shape index (κ1) is 13.7. The van der Waals surface area contributed by atoms with Crippen molar-refractivity contribution in [3.63, 3.8) is 0 Å². The lowest BCUT2D eigenvalue weighted by molar-refractivity contribution is 1.33. The average molecular weight is 330 g/mol. The number of aromatic nitrogens is 2. The van der Waals surface area contributed by atoms with Gasteiger partial charge < -0.3 is 0 Å². The van der Waals surface area contributed by atoms with Crippen molar-refractivity contribution < 1.29 is 0 Å². The fraction of sp³-hybridized carbons (Fsp3) is 0. The molecule has 2 heterocycles. The molecule has 1 aliphatic carbocycles. The molecule has 6 rings (SSSR count). The third kappa shape index (κ3) is 1.76. The topological polar surface area (TPSA) is 25.8 Å². The maximum atomic E-state index is 5.09. The zero-order chi connectivity index (χ0) is 17.1. The van der Waals surface area contributed by atoms with Crippen LogP contribution in [0.3, 0.4) is 0 Å². The van der Waals surface area contributed by atoms with Gasteiger partial charge in [-0.05, 0) is 40.6 Å². The Hall–Kier alpha value is -3.52. The molecule has 0 N–H and O–H groups in total.